The van der Waals surface area contributed by atoms with Gasteiger partial charge in [-0.25, -0.2) is 4.57 Å². The van der Waals surface area contributed by atoms with Crippen molar-refractivity contribution in [2.45, 2.75) is 179 Å². The molecule has 0 heterocycles. The Kier molecular flexibility index (Phi) is 36.4. The molecule has 6 N–H and O–H groups in total. The molecular formula is C44H76NO12P. The van der Waals surface area contributed by atoms with Gasteiger partial charge in [0.25, 0.3) is 0 Å². The van der Waals surface area contributed by atoms with Gasteiger partial charge in [0.05, 0.1) is 25.4 Å². The van der Waals surface area contributed by atoms with Crippen molar-refractivity contribution in [1.82, 2.24) is 0 Å². The normalized spacial score (nSPS) is 15.4. The number of unbranched alkanes of at least 4 members (excludes halogenated alkanes) is 14. The van der Waals surface area contributed by atoms with Crippen LogP contribution >= 0.6 is 7.82 Å². The Bertz CT molecular complexity index is 1250. The number of allylic oxidation sites excluding steroid dienone is 7. The lowest BCUT2D eigenvalue weighted by Crippen LogP contribution is -2.34. The minimum Gasteiger partial charge on any atom is -0.480 e. The van der Waals surface area contributed by atoms with E-state index in [2.05, 4.69) is 36.6 Å². The van der Waals surface area contributed by atoms with Crippen molar-refractivity contribution in [2.24, 2.45) is 5.73 Å². The van der Waals surface area contributed by atoms with E-state index in [9.17, 15) is 34.1 Å². The molecule has 0 radical (unpaired) electrons. The van der Waals surface area contributed by atoms with Gasteiger partial charge in [0.2, 0.25) is 0 Å². The van der Waals surface area contributed by atoms with Crippen molar-refractivity contribution in [3.05, 3.63) is 60.8 Å². The molecule has 0 aliphatic rings. The predicted molar refractivity (Wildman–Crippen MR) is 229 cm³/mol. The van der Waals surface area contributed by atoms with E-state index in [1.54, 1.807) is 36.5 Å². The maximum absolute atomic E-state index is 12.6. The number of aliphatic hydroxyl groups is 2. The van der Waals surface area contributed by atoms with Crippen LogP contribution < -0.4 is 5.73 Å². The number of carboxylic acids is 1. The van der Waals surface area contributed by atoms with Crippen molar-refractivity contribution in [2.75, 3.05) is 19.8 Å². The Morgan fingerprint density at radius 1 is 0.621 bits per heavy atom. The Balaban J connectivity index is 4.67. The summed E-state index contributed by atoms with van der Waals surface area (Å²) < 4.78 is 32.5. The topological polar surface area (TPSA) is 212 Å². The molecule has 0 saturated carbocycles. The third-order valence-electron chi connectivity index (χ3n) is 8.93. The zero-order valence-corrected chi connectivity index (χ0v) is 36.2. The van der Waals surface area contributed by atoms with Crippen molar-refractivity contribution in [1.29, 1.82) is 0 Å². The van der Waals surface area contributed by atoms with E-state index in [0.717, 1.165) is 51.4 Å². The highest BCUT2D eigenvalue weighted by atomic mass is 31.2. The number of aliphatic carboxylic acids is 1. The maximum Gasteiger partial charge on any atom is 0.472 e. The lowest BCUT2D eigenvalue weighted by molar-refractivity contribution is -0.161. The molecule has 0 aliphatic carbocycles. The van der Waals surface area contributed by atoms with Gasteiger partial charge < -0.3 is 35.4 Å². The average molecular weight is 842 g/mol. The molecule has 0 aliphatic heterocycles. The summed E-state index contributed by atoms with van der Waals surface area (Å²) in [7, 11) is -4.79. The molecule has 0 aromatic heterocycles. The SMILES string of the molecule is CCCCC/C=C\C[C@H](O)/C=C/C=C/C=C\[C@H](O)CCCC(=O)O[C@H](COC(=O)CCCCCCC/C=C\CCCCCCCC)COP(=O)(O)OC[C@H](N)C(=O)O. The molecule has 0 aromatic carbocycles. The standard InChI is InChI=1S/C44H76NO12P/c1-3-5-7-9-11-12-13-14-15-16-17-18-19-21-27-33-42(48)54-35-40(36-55-58(52,53)56-37-41(45)44(50)51)57-43(49)34-28-32-39(47)31-26-23-22-25-30-38(46)29-24-20-10-8-6-4-2/h14-15,20,22-26,30-31,38-41,46-47H,3-13,16-19,21,27-29,32-37,45H2,1-2H3,(H,50,51)(H,52,53)/b15-14-,23-22+,24-20-,30-25+,31-26-/t38-,39-,40+,41-/m0/s1. The van der Waals surface area contributed by atoms with E-state index in [4.69, 9.17) is 24.8 Å². The van der Waals surface area contributed by atoms with Gasteiger partial charge in [-0.1, -0.05) is 139 Å². The highest BCUT2D eigenvalue weighted by Crippen LogP contribution is 2.43. The molecule has 0 aromatic rings. The van der Waals surface area contributed by atoms with Crippen LogP contribution in [0.3, 0.4) is 0 Å². The van der Waals surface area contributed by atoms with E-state index in [1.807, 2.05) is 6.08 Å². The Hall–Kier alpha value is -2.90. The summed E-state index contributed by atoms with van der Waals surface area (Å²) in [6.45, 7) is 2.46. The number of carboxylic acid groups (broad SMARTS) is 1. The van der Waals surface area contributed by atoms with E-state index in [-0.39, 0.29) is 25.7 Å². The van der Waals surface area contributed by atoms with Crippen LogP contribution in [0.4, 0.5) is 0 Å². The lowest BCUT2D eigenvalue weighted by atomic mass is 10.1. The van der Waals surface area contributed by atoms with Crippen molar-refractivity contribution >= 4 is 25.7 Å². The number of hydrogen-bond acceptors (Lipinski definition) is 11. The Labute approximate surface area is 348 Å². The van der Waals surface area contributed by atoms with Crippen LogP contribution in [0.5, 0.6) is 0 Å². The van der Waals surface area contributed by atoms with Gasteiger partial charge in [-0.3, -0.25) is 23.4 Å². The number of carbonyl (C=O) groups is 3. The number of esters is 2. The summed E-state index contributed by atoms with van der Waals surface area (Å²) in [5.41, 5.74) is 5.31. The van der Waals surface area contributed by atoms with Gasteiger partial charge in [-0.2, -0.15) is 0 Å². The summed E-state index contributed by atoms with van der Waals surface area (Å²) in [6.07, 6.45) is 36.3. The number of rotatable bonds is 39. The molecule has 0 saturated heterocycles. The fraction of sp³-hybridized carbons (Fsp3) is 0.705. The number of ether oxygens (including phenoxy) is 2. The first-order chi connectivity index (χ1) is 27.9. The molecule has 0 amide bonds. The number of hydrogen-bond donors (Lipinski definition) is 5. The molecule has 0 bridgehead atoms. The second-order valence-corrected chi connectivity index (χ2v) is 16.0. The number of carbonyl (C=O) groups excluding carboxylic acids is 2. The fourth-order valence-corrected chi connectivity index (χ4v) is 6.21. The fourth-order valence-electron chi connectivity index (χ4n) is 5.43. The first-order valence-corrected chi connectivity index (χ1v) is 23.0. The monoisotopic (exact) mass is 842 g/mol. The summed E-state index contributed by atoms with van der Waals surface area (Å²) in [4.78, 5) is 45.9. The minimum atomic E-state index is -4.79. The maximum atomic E-state index is 12.6. The quantitative estimate of drug-likeness (QED) is 0.0129. The molecule has 14 heteroatoms. The van der Waals surface area contributed by atoms with Crippen molar-refractivity contribution < 1.29 is 57.7 Å². The smallest absolute Gasteiger partial charge is 0.472 e. The highest BCUT2D eigenvalue weighted by Gasteiger charge is 2.28. The number of phosphoric acid groups is 1. The van der Waals surface area contributed by atoms with Crippen molar-refractivity contribution in [3.63, 3.8) is 0 Å². The molecule has 58 heavy (non-hydrogen) atoms. The Morgan fingerprint density at radius 3 is 1.74 bits per heavy atom. The van der Waals surface area contributed by atoms with Crippen LogP contribution in [0.25, 0.3) is 0 Å². The molecule has 1 unspecified atom stereocenters. The first-order valence-electron chi connectivity index (χ1n) is 21.5. The van der Waals surface area contributed by atoms with Gasteiger partial charge >= 0.3 is 25.7 Å². The van der Waals surface area contributed by atoms with Crippen LogP contribution in [0.2, 0.25) is 0 Å². The van der Waals surface area contributed by atoms with Crippen LogP contribution in [0.1, 0.15) is 155 Å². The predicted octanol–water partition coefficient (Wildman–Crippen LogP) is 9.11. The molecule has 0 fully saturated rings. The zero-order valence-electron chi connectivity index (χ0n) is 35.3. The summed E-state index contributed by atoms with van der Waals surface area (Å²) in [5.74, 6) is -2.67. The second-order valence-electron chi connectivity index (χ2n) is 14.5. The molecule has 13 nitrogen and oxygen atoms in total. The third kappa shape index (κ3) is 37.4. The van der Waals surface area contributed by atoms with Crippen LogP contribution in [-0.2, 0) is 37.5 Å². The second kappa shape index (κ2) is 38.3. The van der Waals surface area contributed by atoms with E-state index in [0.29, 0.717) is 12.8 Å². The number of aliphatic hydroxyl groups excluding tert-OH is 2. The molecule has 5 atom stereocenters. The highest BCUT2D eigenvalue weighted by molar-refractivity contribution is 7.47. The summed E-state index contributed by atoms with van der Waals surface area (Å²) in [6, 6.07) is -1.57. The van der Waals surface area contributed by atoms with Gasteiger partial charge in [-0.15, -0.1) is 0 Å². The van der Waals surface area contributed by atoms with E-state index >= 15 is 0 Å². The van der Waals surface area contributed by atoms with E-state index in [1.165, 1.54) is 51.4 Å². The molecule has 0 spiro atoms. The molecule has 0 rings (SSSR count). The lowest BCUT2D eigenvalue weighted by Gasteiger charge is -2.20. The van der Waals surface area contributed by atoms with Crippen LogP contribution in [-0.4, -0.2) is 82.3 Å². The number of phosphoric ester groups is 1. The van der Waals surface area contributed by atoms with Gasteiger partial charge in [0.15, 0.2) is 6.10 Å². The number of nitrogens with two attached hydrogens (primary N) is 1. The zero-order chi connectivity index (χ0) is 43.1. The van der Waals surface area contributed by atoms with E-state index < -0.39 is 69.9 Å². The average Bonchev–Trinajstić information content (AvgIpc) is 3.19. The summed E-state index contributed by atoms with van der Waals surface area (Å²) in [5, 5.41) is 29.2. The van der Waals surface area contributed by atoms with Crippen molar-refractivity contribution in [3.8, 4) is 0 Å². The third-order valence-corrected chi connectivity index (χ3v) is 9.88. The molecular weight excluding hydrogens is 765 g/mol. The summed E-state index contributed by atoms with van der Waals surface area (Å²) >= 11 is 0. The van der Waals surface area contributed by atoms with Gasteiger partial charge in [0, 0.05) is 12.8 Å². The van der Waals surface area contributed by atoms with Crippen LogP contribution in [0.15, 0.2) is 60.8 Å². The van der Waals surface area contributed by atoms with Crippen LogP contribution in [0, 0.1) is 0 Å². The Morgan fingerprint density at radius 2 is 1.12 bits per heavy atom. The largest absolute Gasteiger partial charge is 0.480 e. The van der Waals surface area contributed by atoms with Gasteiger partial charge in [0.1, 0.15) is 12.6 Å². The molecule has 334 valence electrons. The first kappa shape index (κ1) is 55.1. The van der Waals surface area contributed by atoms with Gasteiger partial charge in [-0.05, 0) is 64.2 Å². The minimum absolute atomic E-state index is 0.103.